The summed E-state index contributed by atoms with van der Waals surface area (Å²) in [5, 5.41) is 14.4. The molecule has 1 aliphatic carbocycles. The van der Waals surface area contributed by atoms with E-state index in [4.69, 9.17) is 9.97 Å². The molecular formula is C19H22N4O. The lowest BCUT2D eigenvalue weighted by atomic mass is 10.1. The fourth-order valence-electron chi connectivity index (χ4n) is 3.47. The van der Waals surface area contributed by atoms with Crippen LogP contribution in [0.1, 0.15) is 30.5 Å². The van der Waals surface area contributed by atoms with E-state index in [9.17, 15) is 5.11 Å². The summed E-state index contributed by atoms with van der Waals surface area (Å²) in [5.41, 5.74) is 4.14. The van der Waals surface area contributed by atoms with E-state index in [1.165, 1.54) is 5.56 Å². The van der Waals surface area contributed by atoms with Crippen LogP contribution in [-0.2, 0) is 0 Å². The first kappa shape index (κ1) is 15.1. The Morgan fingerprint density at radius 2 is 1.92 bits per heavy atom. The molecule has 0 bridgehead atoms. The Labute approximate surface area is 141 Å². The molecule has 2 aromatic heterocycles. The summed E-state index contributed by atoms with van der Waals surface area (Å²) in [7, 11) is 0. The Morgan fingerprint density at radius 1 is 1.12 bits per heavy atom. The van der Waals surface area contributed by atoms with Gasteiger partial charge in [-0.2, -0.15) is 0 Å². The minimum absolute atomic E-state index is 0.206. The van der Waals surface area contributed by atoms with Crippen LogP contribution in [0.5, 0.6) is 0 Å². The summed E-state index contributed by atoms with van der Waals surface area (Å²) >= 11 is 0. The number of aromatic nitrogens is 3. The molecule has 5 heteroatoms. The van der Waals surface area contributed by atoms with Crippen LogP contribution in [0.3, 0.4) is 0 Å². The topological polar surface area (TPSA) is 73.8 Å². The molecule has 3 N–H and O–H groups in total. The predicted molar refractivity (Wildman–Crippen MR) is 96.1 cm³/mol. The zero-order chi connectivity index (χ0) is 16.7. The molecule has 0 unspecified atom stereocenters. The second kappa shape index (κ2) is 5.91. The highest BCUT2D eigenvalue weighted by Crippen LogP contribution is 2.31. The molecule has 124 valence electrons. The maximum atomic E-state index is 9.80. The summed E-state index contributed by atoms with van der Waals surface area (Å²) in [5.74, 6) is 1.57. The average molecular weight is 322 g/mol. The molecule has 0 aliphatic heterocycles. The summed E-state index contributed by atoms with van der Waals surface area (Å²) in [4.78, 5) is 12.9. The van der Waals surface area contributed by atoms with E-state index in [0.717, 1.165) is 47.4 Å². The SMILES string of the molecule is Cc1[nH]c2nc(-c3ccccc3)nc(N[C@@H]3CC[C@H](O)C3)c2c1C. The van der Waals surface area contributed by atoms with Crippen LogP contribution in [0.4, 0.5) is 5.82 Å². The number of aliphatic hydroxyl groups excluding tert-OH is 1. The summed E-state index contributed by atoms with van der Waals surface area (Å²) in [6.07, 6.45) is 2.38. The molecule has 2 atom stereocenters. The standard InChI is InChI=1S/C19H22N4O/c1-11-12(2)20-18-16(11)19(21-14-8-9-15(24)10-14)23-17(22-18)13-6-4-3-5-7-13/h3-7,14-15,24H,8-10H2,1-2H3,(H2,20,21,22,23)/t14-,15+/m1/s1. The Kier molecular flexibility index (Phi) is 3.73. The van der Waals surface area contributed by atoms with Crippen LogP contribution in [0, 0.1) is 13.8 Å². The van der Waals surface area contributed by atoms with Gasteiger partial charge in [-0.05, 0) is 38.7 Å². The zero-order valence-electron chi connectivity index (χ0n) is 14.0. The van der Waals surface area contributed by atoms with Gasteiger partial charge < -0.3 is 15.4 Å². The molecule has 4 rings (SSSR count). The van der Waals surface area contributed by atoms with Crippen molar-refractivity contribution in [1.82, 2.24) is 15.0 Å². The Balaban J connectivity index is 1.82. The average Bonchev–Trinajstić information content (AvgIpc) is 3.11. The van der Waals surface area contributed by atoms with Gasteiger partial charge in [-0.25, -0.2) is 9.97 Å². The predicted octanol–water partition coefficient (Wildman–Crippen LogP) is 3.57. The van der Waals surface area contributed by atoms with Gasteiger partial charge in [0.05, 0.1) is 11.5 Å². The van der Waals surface area contributed by atoms with Gasteiger partial charge in [0.1, 0.15) is 11.5 Å². The van der Waals surface area contributed by atoms with Crippen LogP contribution in [0.2, 0.25) is 0 Å². The van der Waals surface area contributed by atoms with Crippen molar-refractivity contribution in [2.24, 2.45) is 0 Å². The molecule has 0 amide bonds. The number of aromatic amines is 1. The molecule has 0 spiro atoms. The van der Waals surface area contributed by atoms with Crippen LogP contribution in [0.25, 0.3) is 22.4 Å². The third-order valence-electron chi connectivity index (χ3n) is 4.93. The van der Waals surface area contributed by atoms with E-state index in [-0.39, 0.29) is 12.1 Å². The number of hydrogen-bond acceptors (Lipinski definition) is 4. The molecule has 1 saturated carbocycles. The van der Waals surface area contributed by atoms with Gasteiger partial charge in [-0.3, -0.25) is 0 Å². The number of nitrogens with one attached hydrogen (secondary N) is 2. The maximum absolute atomic E-state index is 9.80. The van der Waals surface area contributed by atoms with Crippen molar-refractivity contribution in [3.05, 3.63) is 41.6 Å². The maximum Gasteiger partial charge on any atom is 0.163 e. The smallest absolute Gasteiger partial charge is 0.163 e. The highest BCUT2D eigenvalue weighted by atomic mass is 16.3. The Bertz CT molecular complexity index is 872. The van der Waals surface area contributed by atoms with E-state index in [1.54, 1.807) is 0 Å². The van der Waals surface area contributed by atoms with E-state index < -0.39 is 0 Å². The molecule has 5 nitrogen and oxygen atoms in total. The highest BCUT2D eigenvalue weighted by molar-refractivity contribution is 5.92. The molecule has 2 heterocycles. The molecule has 1 fully saturated rings. The number of rotatable bonds is 3. The Morgan fingerprint density at radius 3 is 2.62 bits per heavy atom. The van der Waals surface area contributed by atoms with Crippen LogP contribution >= 0.6 is 0 Å². The van der Waals surface area contributed by atoms with Gasteiger partial charge in [0.15, 0.2) is 5.82 Å². The normalized spacial score (nSPS) is 20.6. The van der Waals surface area contributed by atoms with Gasteiger partial charge in [0, 0.05) is 17.3 Å². The molecule has 3 aromatic rings. The minimum atomic E-state index is -0.206. The number of nitrogens with zero attached hydrogens (tertiary/aromatic N) is 2. The van der Waals surface area contributed by atoms with E-state index >= 15 is 0 Å². The van der Waals surface area contributed by atoms with Gasteiger partial charge in [0.25, 0.3) is 0 Å². The van der Waals surface area contributed by atoms with Crippen molar-refractivity contribution in [2.75, 3.05) is 5.32 Å². The van der Waals surface area contributed by atoms with Gasteiger partial charge in [-0.15, -0.1) is 0 Å². The lowest BCUT2D eigenvalue weighted by Gasteiger charge is -2.15. The van der Waals surface area contributed by atoms with E-state index in [2.05, 4.69) is 24.1 Å². The fourth-order valence-corrected chi connectivity index (χ4v) is 3.47. The summed E-state index contributed by atoms with van der Waals surface area (Å²) in [6, 6.07) is 10.3. The van der Waals surface area contributed by atoms with Gasteiger partial charge in [0.2, 0.25) is 0 Å². The first-order valence-electron chi connectivity index (χ1n) is 8.48. The van der Waals surface area contributed by atoms with Gasteiger partial charge >= 0.3 is 0 Å². The number of benzene rings is 1. The third-order valence-corrected chi connectivity index (χ3v) is 4.93. The summed E-state index contributed by atoms with van der Waals surface area (Å²) < 4.78 is 0. The fraction of sp³-hybridized carbons (Fsp3) is 0.368. The number of H-pyrrole nitrogens is 1. The monoisotopic (exact) mass is 322 g/mol. The van der Waals surface area contributed by atoms with Crippen LogP contribution < -0.4 is 5.32 Å². The first-order chi connectivity index (χ1) is 11.6. The lowest BCUT2D eigenvalue weighted by molar-refractivity contribution is 0.182. The lowest BCUT2D eigenvalue weighted by Crippen LogP contribution is -2.18. The van der Waals surface area contributed by atoms with Gasteiger partial charge in [-0.1, -0.05) is 30.3 Å². The molecular weight excluding hydrogens is 300 g/mol. The first-order valence-corrected chi connectivity index (χ1v) is 8.48. The second-order valence-corrected chi connectivity index (χ2v) is 6.67. The Hall–Kier alpha value is -2.40. The quantitative estimate of drug-likeness (QED) is 0.689. The van der Waals surface area contributed by atoms with Crippen molar-refractivity contribution in [1.29, 1.82) is 0 Å². The molecule has 1 aliphatic rings. The molecule has 1 aromatic carbocycles. The van der Waals surface area contributed by atoms with Crippen molar-refractivity contribution in [2.45, 2.75) is 45.3 Å². The van der Waals surface area contributed by atoms with Crippen LogP contribution in [-0.4, -0.2) is 32.2 Å². The molecule has 24 heavy (non-hydrogen) atoms. The van der Waals surface area contributed by atoms with Crippen molar-refractivity contribution < 1.29 is 5.11 Å². The number of aliphatic hydroxyl groups is 1. The van der Waals surface area contributed by atoms with E-state index in [1.807, 2.05) is 30.3 Å². The number of aryl methyl sites for hydroxylation is 2. The zero-order valence-corrected chi connectivity index (χ0v) is 14.0. The van der Waals surface area contributed by atoms with Crippen LogP contribution in [0.15, 0.2) is 30.3 Å². The molecule has 0 radical (unpaired) electrons. The largest absolute Gasteiger partial charge is 0.393 e. The molecule has 0 saturated heterocycles. The van der Waals surface area contributed by atoms with Crippen molar-refractivity contribution in [3.8, 4) is 11.4 Å². The minimum Gasteiger partial charge on any atom is -0.393 e. The van der Waals surface area contributed by atoms with Crippen molar-refractivity contribution in [3.63, 3.8) is 0 Å². The van der Waals surface area contributed by atoms with Crippen molar-refractivity contribution >= 4 is 16.9 Å². The summed E-state index contributed by atoms with van der Waals surface area (Å²) in [6.45, 7) is 4.15. The van der Waals surface area contributed by atoms with E-state index in [0.29, 0.717) is 5.82 Å². The highest BCUT2D eigenvalue weighted by Gasteiger charge is 2.24. The third kappa shape index (κ3) is 2.65. The second-order valence-electron chi connectivity index (χ2n) is 6.67. The number of hydrogen-bond donors (Lipinski definition) is 3. The number of fused-ring (bicyclic) bond motifs is 1. The number of anilines is 1.